The van der Waals surface area contributed by atoms with Crippen molar-refractivity contribution < 1.29 is 19.4 Å². The first kappa shape index (κ1) is 17.5. The second kappa shape index (κ2) is 8.64. The second-order valence-electron chi connectivity index (χ2n) is 5.76. The molecule has 0 fully saturated rings. The van der Waals surface area contributed by atoms with E-state index in [0.29, 0.717) is 12.4 Å². The molecule has 5 heteroatoms. The number of hydrogen-bond acceptors (Lipinski definition) is 4. The molecule has 1 aromatic rings. The Morgan fingerprint density at radius 1 is 1.24 bits per heavy atom. The van der Waals surface area contributed by atoms with Crippen LogP contribution in [-0.2, 0) is 4.74 Å². The molecule has 1 rings (SSSR count). The molecular weight excluding hydrogens is 270 g/mol. The predicted octanol–water partition coefficient (Wildman–Crippen LogP) is 2.42. The zero-order chi connectivity index (χ0) is 15.7. The lowest BCUT2D eigenvalue weighted by Gasteiger charge is -2.24. The molecule has 0 spiro atoms. The summed E-state index contributed by atoms with van der Waals surface area (Å²) in [6, 6.07) is 6.43. The molecule has 2 N–H and O–H groups in total. The summed E-state index contributed by atoms with van der Waals surface area (Å²) < 4.78 is 10.7. The third-order valence-corrected chi connectivity index (χ3v) is 3.24. The lowest BCUT2D eigenvalue weighted by Crippen LogP contribution is -2.33. The van der Waals surface area contributed by atoms with Crippen molar-refractivity contribution in [2.45, 2.75) is 20.3 Å². The summed E-state index contributed by atoms with van der Waals surface area (Å²) in [5.74, 6) is -0.248. The average molecular weight is 295 g/mol. The molecule has 0 aliphatic rings. The van der Waals surface area contributed by atoms with E-state index in [1.807, 2.05) is 0 Å². The van der Waals surface area contributed by atoms with Crippen LogP contribution in [0.3, 0.4) is 0 Å². The molecule has 118 valence electrons. The number of aromatic carboxylic acids is 1. The Morgan fingerprint density at radius 2 is 1.90 bits per heavy atom. The summed E-state index contributed by atoms with van der Waals surface area (Å²) in [5, 5.41) is 12.2. The molecule has 21 heavy (non-hydrogen) atoms. The largest absolute Gasteiger partial charge is 0.492 e. The Kier molecular flexibility index (Phi) is 7.19. The second-order valence-corrected chi connectivity index (χ2v) is 5.76. The van der Waals surface area contributed by atoms with Crippen molar-refractivity contribution in [2.75, 3.05) is 33.4 Å². The lowest BCUT2D eigenvalue weighted by molar-refractivity contribution is 0.0697. The van der Waals surface area contributed by atoms with Gasteiger partial charge in [-0.05, 0) is 36.1 Å². The maximum absolute atomic E-state index is 10.7. The van der Waals surface area contributed by atoms with Crippen molar-refractivity contribution in [1.29, 1.82) is 0 Å². The van der Waals surface area contributed by atoms with Gasteiger partial charge in [-0.15, -0.1) is 0 Å². The highest BCUT2D eigenvalue weighted by Gasteiger charge is 2.16. The number of benzene rings is 1. The van der Waals surface area contributed by atoms with Crippen molar-refractivity contribution >= 4 is 5.97 Å². The van der Waals surface area contributed by atoms with E-state index in [1.54, 1.807) is 31.4 Å². The molecule has 0 aliphatic heterocycles. The van der Waals surface area contributed by atoms with Crippen LogP contribution >= 0.6 is 0 Å². The summed E-state index contributed by atoms with van der Waals surface area (Å²) in [6.07, 6.45) is 1.01. The monoisotopic (exact) mass is 295 g/mol. The Labute approximate surface area is 126 Å². The number of rotatable bonds is 10. The summed E-state index contributed by atoms with van der Waals surface area (Å²) in [6.45, 7) is 7.36. The van der Waals surface area contributed by atoms with Gasteiger partial charge in [-0.1, -0.05) is 13.8 Å². The van der Waals surface area contributed by atoms with Gasteiger partial charge in [0, 0.05) is 26.8 Å². The minimum absolute atomic E-state index is 0.194. The van der Waals surface area contributed by atoms with E-state index in [-0.39, 0.29) is 11.0 Å². The van der Waals surface area contributed by atoms with E-state index in [9.17, 15) is 4.79 Å². The van der Waals surface area contributed by atoms with E-state index < -0.39 is 5.97 Å². The van der Waals surface area contributed by atoms with Gasteiger partial charge < -0.3 is 19.9 Å². The van der Waals surface area contributed by atoms with Crippen molar-refractivity contribution in [3.63, 3.8) is 0 Å². The Balaban J connectivity index is 2.20. The molecule has 0 saturated carbocycles. The lowest BCUT2D eigenvalue weighted by atomic mass is 9.90. The number of carboxylic acid groups (broad SMARTS) is 1. The fourth-order valence-corrected chi connectivity index (χ4v) is 1.83. The highest BCUT2D eigenvalue weighted by Crippen LogP contribution is 2.18. The van der Waals surface area contributed by atoms with Crippen LogP contribution in [-0.4, -0.2) is 44.5 Å². The fraction of sp³-hybridized carbons (Fsp3) is 0.562. The van der Waals surface area contributed by atoms with Gasteiger partial charge in [0.25, 0.3) is 0 Å². The maximum atomic E-state index is 10.7. The quantitative estimate of drug-likeness (QED) is 0.649. The van der Waals surface area contributed by atoms with Crippen LogP contribution < -0.4 is 10.1 Å². The van der Waals surface area contributed by atoms with Crippen LogP contribution in [0.15, 0.2) is 24.3 Å². The minimum Gasteiger partial charge on any atom is -0.492 e. The average Bonchev–Trinajstić information content (AvgIpc) is 2.45. The van der Waals surface area contributed by atoms with Crippen LogP contribution in [0.5, 0.6) is 5.75 Å². The van der Waals surface area contributed by atoms with Crippen LogP contribution in [0.2, 0.25) is 0 Å². The SMILES string of the molecule is COCCC(C)(C)CNCCOc1ccc(C(=O)O)cc1. The third-order valence-electron chi connectivity index (χ3n) is 3.24. The van der Waals surface area contributed by atoms with E-state index in [2.05, 4.69) is 19.2 Å². The first-order valence-corrected chi connectivity index (χ1v) is 7.10. The maximum Gasteiger partial charge on any atom is 0.335 e. The van der Waals surface area contributed by atoms with Crippen LogP contribution in [0.1, 0.15) is 30.6 Å². The zero-order valence-corrected chi connectivity index (χ0v) is 13.0. The van der Waals surface area contributed by atoms with Gasteiger partial charge in [-0.3, -0.25) is 0 Å². The van der Waals surface area contributed by atoms with E-state index >= 15 is 0 Å². The molecule has 0 aliphatic carbocycles. The van der Waals surface area contributed by atoms with Crippen molar-refractivity contribution in [1.82, 2.24) is 5.32 Å². The minimum atomic E-state index is -0.929. The van der Waals surface area contributed by atoms with Crippen LogP contribution in [0, 0.1) is 5.41 Å². The van der Waals surface area contributed by atoms with Gasteiger partial charge in [0.15, 0.2) is 0 Å². The van der Waals surface area contributed by atoms with E-state index in [1.165, 1.54) is 0 Å². The Bertz CT molecular complexity index is 428. The number of nitrogens with one attached hydrogen (secondary N) is 1. The molecule has 1 aromatic carbocycles. The molecule has 0 bridgehead atoms. The number of hydrogen-bond donors (Lipinski definition) is 2. The summed E-state index contributed by atoms with van der Waals surface area (Å²) in [4.78, 5) is 10.7. The molecular formula is C16H25NO4. The van der Waals surface area contributed by atoms with Crippen molar-refractivity contribution in [3.05, 3.63) is 29.8 Å². The van der Waals surface area contributed by atoms with Crippen LogP contribution in [0.4, 0.5) is 0 Å². The molecule has 0 unspecified atom stereocenters. The molecule has 0 aromatic heterocycles. The number of methoxy groups -OCH3 is 1. The molecule has 5 nitrogen and oxygen atoms in total. The summed E-state index contributed by atoms with van der Waals surface area (Å²) >= 11 is 0. The number of carbonyl (C=O) groups is 1. The predicted molar refractivity (Wildman–Crippen MR) is 82.0 cm³/mol. The van der Waals surface area contributed by atoms with Crippen molar-refractivity contribution in [3.8, 4) is 5.75 Å². The zero-order valence-electron chi connectivity index (χ0n) is 13.0. The molecule has 0 atom stereocenters. The number of carboxylic acids is 1. The highest BCUT2D eigenvalue weighted by atomic mass is 16.5. The highest BCUT2D eigenvalue weighted by molar-refractivity contribution is 5.87. The van der Waals surface area contributed by atoms with Gasteiger partial charge >= 0.3 is 5.97 Å². The summed E-state index contributed by atoms with van der Waals surface area (Å²) in [7, 11) is 1.72. The molecule has 0 radical (unpaired) electrons. The molecule has 0 saturated heterocycles. The van der Waals surface area contributed by atoms with Gasteiger partial charge in [-0.25, -0.2) is 4.79 Å². The normalized spacial score (nSPS) is 11.4. The van der Waals surface area contributed by atoms with Gasteiger partial charge in [0.1, 0.15) is 12.4 Å². The Hall–Kier alpha value is -1.59. The Morgan fingerprint density at radius 3 is 2.48 bits per heavy atom. The van der Waals surface area contributed by atoms with Crippen molar-refractivity contribution in [2.24, 2.45) is 5.41 Å². The van der Waals surface area contributed by atoms with E-state index in [4.69, 9.17) is 14.6 Å². The van der Waals surface area contributed by atoms with Gasteiger partial charge in [0.05, 0.1) is 5.56 Å². The number of ether oxygens (including phenoxy) is 2. The van der Waals surface area contributed by atoms with Crippen LogP contribution in [0.25, 0.3) is 0 Å². The molecule has 0 amide bonds. The third kappa shape index (κ3) is 7.11. The van der Waals surface area contributed by atoms with Gasteiger partial charge in [-0.2, -0.15) is 0 Å². The van der Waals surface area contributed by atoms with Gasteiger partial charge in [0.2, 0.25) is 0 Å². The standard InChI is InChI=1S/C16H25NO4/c1-16(2,8-10-20-3)12-17-9-11-21-14-6-4-13(5-7-14)15(18)19/h4-7,17H,8-12H2,1-3H3,(H,18,19). The molecule has 0 heterocycles. The first-order valence-electron chi connectivity index (χ1n) is 7.10. The topological polar surface area (TPSA) is 67.8 Å². The first-order chi connectivity index (χ1) is 9.94. The fourth-order valence-electron chi connectivity index (χ4n) is 1.83. The van der Waals surface area contributed by atoms with E-state index in [0.717, 1.165) is 26.1 Å². The summed E-state index contributed by atoms with van der Waals surface area (Å²) in [5.41, 5.74) is 0.458. The smallest absolute Gasteiger partial charge is 0.335 e.